The zero-order valence-electron chi connectivity index (χ0n) is 16.8. The summed E-state index contributed by atoms with van der Waals surface area (Å²) in [4.78, 5) is 0. The molecule has 0 saturated heterocycles. The SMILES string of the molecule is CCC(F)(F)C1CCC(C2CCC(C3CCC(OC)C(F)C3F)CC2)CC1. The van der Waals surface area contributed by atoms with Crippen LogP contribution in [0.5, 0.6) is 0 Å². The van der Waals surface area contributed by atoms with E-state index in [4.69, 9.17) is 4.74 Å². The summed E-state index contributed by atoms with van der Waals surface area (Å²) in [5.41, 5.74) is 0. The molecule has 3 aliphatic carbocycles. The molecule has 3 saturated carbocycles. The van der Waals surface area contributed by atoms with Crippen LogP contribution in [-0.4, -0.2) is 31.5 Å². The van der Waals surface area contributed by atoms with E-state index in [2.05, 4.69) is 0 Å². The lowest BCUT2D eigenvalue weighted by atomic mass is 9.64. The van der Waals surface area contributed by atoms with Gasteiger partial charge in [0.1, 0.15) is 6.17 Å². The van der Waals surface area contributed by atoms with Gasteiger partial charge in [0, 0.05) is 19.4 Å². The first-order valence-electron chi connectivity index (χ1n) is 11.1. The van der Waals surface area contributed by atoms with E-state index in [1.807, 2.05) is 0 Å². The molecular formula is C22H36F4O. The Bertz CT molecular complexity index is 455. The molecule has 0 spiro atoms. The van der Waals surface area contributed by atoms with E-state index in [0.717, 1.165) is 38.5 Å². The van der Waals surface area contributed by atoms with Gasteiger partial charge >= 0.3 is 0 Å². The van der Waals surface area contributed by atoms with Crippen LogP contribution in [0.2, 0.25) is 0 Å². The van der Waals surface area contributed by atoms with Crippen molar-refractivity contribution < 1.29 is 22.3 Å². The highest BCUT2D eigenvalue weighted by molar-refractivity contribution is 4.94. The molecule has 0 heterocycles. The third kappa shape index (κ3) is 4.64. The van der Waals surface area contributed by atoms with Gasteiger partial charge in [-0.3, -0.25) is 0 Å². The summed E-state index contributed by atoms with van der Waals surface area (Å²) >= 11 is 0. The van der Waals surface area contributed by atoms with E-state index < -0.39 is 30.3 Å². The largest absolute Gasteiger partial charge is 0.378 e. The maximum atomic E-state index is 14.6. The summed E-state index contributed by atoms with van der Waals surface area (Å²) in [5.74, 6) is -1.72. The molecule has 27 heavy (non-hydrogen) atoms. The molecular weight excluding hydrogens is 356 g/mol. The van der Waals surface area contributed by atoms with Gasteiger partial charge in [0.05, 0.1) is 6.10 Å². The van der Waals surface area contributed by atoms with Crippen molar-refractivity contribution in [3.8, 4) is 0 Å². The lowest BCUT2D eigenvalue weighted by Gasteiger charge is -2.43. The second-order valence-corrected chi connectivity index (χ2v) is 9.31. The lowest BCUT2D eigenvalue weighted by molar-refractivity contribution is -0.0835. The van der Waals surface area contributed by atoms with Crippen LogP contribution < -0.4 is 0 Å². The van der Waals surface area contributed by atoms with Crippen molar-refractivity contribution in [2.24, 2.45) is 29.6 Å². The molecule has 0 aromatic rings. The Morgan fingerprint density at radius 1 is 0.741 bits per heavy atom. The number of alkyl halides is 4. The summed E-state index contributed by atoms with van der Waals surface area (Å²) in [6, 6.07) is 0. The first kappa shape index (κ1) is 21.4. The van der Waals surface area contributed by atoms with Gasteiger partial charge in [-0.1, -0.05) is 6.92 Å². The van der Waals surface area contributed by atoms with Crippen LogP contribution in [-0.2, 0) is 4.74 Å². The van der Waals surface area contributed by atoms with Gasteiger partial charge in [0.15, 0.2) is 6.17 Å². The molecule has 0 N–H and O–H groups in total. The molecule has 0 radical (unpaired) electrons. The standard InChI is InChI=1S/C22H36F4O/c1-3-22(25,26)17-10-8-15(9-11-17)14-4-6-16(7-5-14)18-12-13-19(27-2)21(24)20(18)23/h14-21H,3-13H2,1-2H3. The molecule has 3 rings (SSSR count). The van der Waals surface area contributed by atoms with E-state index in [1.165, 1.54) is 7.11 Å². The molecule has 0 aromatic heterocycles. The van der Waals surface area contributed by atoms with E-state index in [0.29, 0.717) is 37.5 Å². The van der Waals surface area contributed by atoms with Gasteiger partial charge in [-0.25, -0.2) is 17.6 Å². The van der Waals surface area contributed by atoms with Crippen LogP contribution >= 0.6 is 0 Å². The van der Waals surface area contributed by atoms with E-state index in [-0.39, 0.29) is 18.3 Å². The van der Waals surface area contributed by atoms with Crippen molar-refractivity contribution in [2.45, 2.75) is 102 Å². The van der Waals surface area contributed by atoms with E-state index in [9.17, 15) is 17.6 Å². The number of rotatable bonds is 5. The zero-order chi connectivity index (χ0) is 19.6. The average molecular weight is 393 g/mol. The van der Waals surface area contributed by atoms with Gasteiger partial charge in [0.2, 0.25) is 0 Å². The highest BCUT2D eigenvalue weighted by atomic mass is 19.3. The minimum atomic E-state index is -2.51. The Labute approximate surface area is 161 Å². The Balaban J connectivity index is 1.46. The molecule has 0 bridgehead atoms. The highest BCUT2D eigenvalue weighted by Crippen LogP contribution is 2.48. The Morgan fingerprint density at radius 2 is 1.26 bits per heavy atom. The van der Waals surface area contributed by atoms with Gasteiger partial charge in [0.25, 0.3) is 5.92 Å². The normalized spacial score (nSPS) is 44.2. The Kier molecular flexibility index (Phi) is 7.13. The quantitative estimate of drug-likeness (QED) is 0.471. The van der Waals surface area contributed by atoms with Crippen molar-refractivity contribution in [2.75, 3.05) is 7.11 Å². The summed E-state index contributed by atoms with van der Waals surface area (Å²) in [7, 11) is 1.46. The average Bonchev–Trinajstić information content (AvgIpc) is 2.70. The van der Waals surface area contributed by atoms with Crippen molar-refractivity contribution >= 4 is 0 Å². The maximum absolute atomic E-state index is 14.6. The molecule has 4 unspecified atom stereocenters. The Morgan fingerprint density at radius 3 is 1.78 bits per heavy atom. The molecule has 0 aliphatic heterocycles. The van der Waals surface area contributed by atoms with Crippen molar-refractivity contribution in [1.82, 2.24) is 0 Å². The topological polar surface area (TPSA) is 9.23 Å². The molecule has 3 fully saturated rings. The predicted molar refractivity (Wildman–Crippen MR) is 99.4 cm³/mol. The third-order valence-electron chi connectivity index (χ3n) is 8.08. The highest BCUT2D eigenvalue weighted by Gasteiger charge is 2.45. The smallest absolute Gasteiger partial charge is 0.250 e. The monoisotopic (exact) mass is 392 g/mol. The van der Waals surface area contributed by atoms with Crippen LogP contribution in [0.4, 0.5) is 17.6 Å². The first-order chi connectivity index (χ1) is 12.9. The van der Waals surface area contributed by atoms with Crippen molar-refractivity contribution in [1.29, 1.82) is 0 Å². The lowest BCUT2D eigenvalue weighted by Crippen LogP contribution is -2.45. The molecule has 0 aromatic carbocycles. The second kappa shape index (κ2) is 9.00. The summed E-state index contributed by atoms with van der Waals surface area (Å²) in [5, 5.41) is 0. The van der Waals surface area contributed by atoms with Crippen molar-refractivity contribution in [3.63, 3.8) is 0 Å². The molecule has 5 heteroatoms. The summed E-state index contributed by atoms with van der Waals surface area (Å²) in [6.07, 6.45) is 4.91. The molecule has 0 amide bonds. The van der Waals surface area contributed by atoms with Gasteiger partial charge in [-0.05, 0) is 87.9 Å². The molecule has 3 aliphatic rings. The third-order valence-corrected chi connectivity index (χ3v) is 8.08. The Hall–Kier alpha value is -0.320. The van der Waals surface area contributed by atoms with Crippen LogP contribution in [0.25, 0.3) is 0 Å². The second-order valence-electron chi connectivity index (χ2n) is 9.31. The summed E-state index contributed by atoms with van der Waals surface area (Å²) in [6.45, 7) is 1.58. The van der Waals surface area contributed by atoms with Crippen LogP contribution in [0.1, 0.15) is 77.6 Å². The number of ether oxygens (including phenoxy) is 1. The fourth-order valence-electron chi connectivity index (χ4n) is 6.21. The number of halogens is 4. The number of methoxy groups -OCH3 is 1. The van der Waals surface area contributed by atoms with Crippen molar-refractivity contribution in [3.05, 3.63) is 0 Å². The molecule has 4 atom stereocenters. The number of hydrogen-bond acceptors (Lipinski definition) is 1. The van der Waals surface area contributed by atoms with E-state index >= 15 is 0 Å². The minimum absolute atomic E-state index is 0.0568. The fourth-order valence-corrected chi connectivity index (χ4v) is 6.21. The zero-order valence-corrected chi connectivity index (χ0v) is 16.8. The van der Waals surface area contributed by atoms with Gasteiger partial charge in [-0.2, -0.15) is 0 Å². The summed E-state index contributed by atoms with van der Waals surface area (Å²) < 4.78 is 61.7. The fraction of sp³-hybridized carbons (Fsp3) is 1.00. The van der Waals surface area contributed by atoms with Gasteiger partial charge < -0.3 is 4.74 Å². The van der Waals surface area contributed by atoms with Crippen LogP contribution in [0.3, 0.4) is 0 Å². The maximum Gasteiger partial charge on any atom is 0.250 e. The van der Waals surface area contributed by atoms with Gasteiger partial charge in [-0.15, -0.1) is 0 Å². The van der Waals surface area contributed by atoms with Crippen LogP contribution in [0.15, 0.2) is 0 Å². The predicted octanol–water partition coefficient (Wildman–Crippen LogP) is 6.75. The van der Waals surface area contributed by atoms with Crippen LogP contribution in [0, 0.1) is 29.6 Å². The minimum Gasteiger partial charge on any atom is -0.378 e. The molecule has 1 nitrogen and oxygen atoms in total. The van der Waals surface area contributed by atoms with E-state index in [1.54, 1.807) is 6.92 Å². The number of hydrogen-bond donors (Lipinski definition) is 0. The first-order valence-corrected chi connectivity index (χ1v) is 11.1. The molecule has 158 valence electrons.